The average Bonchev–Trinajstić information content (AvgIpc) is 2.48. The smallest absolute Gasteiger partial charge is 0.309 e. The molecule has 0 bridgehead atoms. The molecule has 1 heterocycles. The first-order valence-corrected chi connectivity index (χ1v) is 8.42. The van der Waals surface area contributed by atoms with Crippen molar-refractivity contribution in [3.8, 4) is 0 Å². The zero-order chi connectivity index (χ0) is 15.5. The van der Waals surface area contributed by atoms with Crippen LogP contribution in [0.25, 0.3) is 0 Å². The number of hydrogen-bond acceptors (Lipinski definition) is 2. The van der Waals surface area contributed by atoms with Gasteiger partial charge in [-0.15, -0.1) is 0 Å². The summed E-state index contributed by atoms with van der Waals surface area (Å²) in [6, 6.07) is 0. The van der Waals surface area contributed by atoms with Crippen molar-refractivity contribution >= 4 is 11.9 Å². The maximum atomic E-state index is 12.5. The summed E-state index contributed by atoms with van der Waals surface area (Å²) in [5.41, 5.74) is -0.746. The summed E-state index contributed by atoms with van der Waals surface area (Å²) in [5.74, 6) is 0.111. The quantitative estimate of drug-likeness (QED) is 0.865. The highest BCUT2D eigenvalue weighted by atomic mass is 16.4. The molecule has 2 aliphatic rings. The highest BCUT2D eigenvalue weighted by Gasteiger charge is 2.40. The first-order valence-electron chi connectivity index (χ1n) is 8.42. The van der Waals surface area contributed by atoms with E-state index in [1.165, 1.54) is 32.1 Å². The summed E-state index contributed by atoms with van der Waals surface area (Å²) in [7, 11) is 0. The maximum absolute atomic E-state index is 12.5. The molecule has 4 nitrogen and oxygen atoms in total. The molecule has 0 aromatic heterocycles. The predicted octanol–water partition coefficient (Wildman–Crippen LogP) is 3.31. The van der Waals surface area contributed by atoms with E-state index < -0.39 is 11.4 Å². The zero-order valence-corrected chi connectivity index (χ0v) is 13.4. The Morgan fingerprint density at radius 2 is 1.76 bits per heavy atom. The second-order valence-corrected chi connectivity index (χ2v) is 7.41. The molecule has 1 saturated carbocycles. The Bertz CT molecular complexity index is 385. The number of carbonyl (C=O) groups is 2. The normalized spacial score (nSPS) is 24.9. The van der Waals surface area contributed by atoms with Crippen LogP contribution < -0.4 is 0 Å². The van der Waals surface area contributed by atoms with Crippen molar-refractivity contribution in [3.05, 3.63) is 0 Å². The van der Waals surface area contributed by atoms with Gasteiger partial charge in [0.1, 0.15) is 0 Å². The maximum Gasteiger partial charge on any atom is 0.309 e. The Morgan fingerprint density at radius 1 is 1.10 bits per heavy atom. The Labute approximate surface area is 127 Å². The second-order valence-electron chi connectivity index (χ2n) is 7.41. The molecule has 21 heavy (non-hydrogen) atoms. The van der Waals surface area contributed by atoms with Crippen LogP contribution in [-0.2, 0) is 9.59 Å². The highest BCUT2D eigenvalue weighted by Crippen LogP contribution is 2.35. The first-order chi connectivity index (χ1) is 9.91. The molecule has 0 radical (unpaired) electrons. The van der Waals surface area contributed by atoms with E-state index in [9.17, 15) is 14.7 Å². The fourth-order valence-electron chi connectivity index (χ4n) is 3.73. The molecule has 1 atom stereocenters. The van der Waals surface area contributed by atoms with Crippen LogP contribution in [0, 0.1) is 17.3 Å². The molecule has 1 aliphatic heterocycles. The van der Waals surface area contributed by atoms with Crippen molar-refractivity contribution in [3.63, 3.8) is 0 Å². The number of likely N-dealkylation sites (tertiary alicyclic amines) is 1. The minimum Gasteiger partial charge on any atom is -0.481 e. The van der Waals surface area contributed by atoms with Gasteiger partial charge in [0.25, 0.3) is 0 Å². The van der Waals surface area contributed by atoms with Gasteiger partial charge in [-0.25, -0.2) is 0 Å². The Hall–Kier alpha value is -1.06. The van der Waals surface area contributed by atoms with Crippen LogP contribution in [0.2, 0.25) is 0 Å². The third kappa shape index (κ3) is 3.98. The lowest BCUT2D eigenvalue weighted by atomic mass is 9.74. The number of hydrogen-bond donors (Lipinski definition) is 1. The Balaban J connectivity index is 1.90. The summed E-state index contributed by atoms with van der Waals surface area (Å²) in [4.78, 5) is 25.8. The monoisotopic (exact) mass is 295 g/mol. The fraction of sp³-hybridized carbons (Fsp3) is 0.882. The minimum atomic E-state index is -0.755. The van der Waals surface area contributed by atoms with E-state index >= 15 is 0 Å². The van der Waals surface area contributed by atoms with E-state index in [1.54, 1.807) is 13.8 Å². The lowest BCUT2D eigenvalue weighted by molar-refractivity contribution is -0.153. The number of carboxylic acid groups (broad SMARTS) is 1. The molecule has 2 rings (SSSR count). The predicted molar refractivity (Wildman–Crippen MR) is 81.9 cm³/mol. The Kier molecular flexibility index (Phi) is 5.28. The van der Waals surface area contributed by atoms with Gasteiger partial charge in [0.2, 0.25) is 5.91 Å². The van der Waals surface area contributed by atoms with Gasteiger partial charge in [-0.2, -0.15) is 0 Å². The summed E-state index contributed by atoms with van der Waals surface area (Å²) < 4.78 is 0. The summed E-state index contributed by atoms with van der Waals surface area (Å²) >= 11 is 0. The number of amides is 1. The van der Waals surface area contributed by atoms with Crippen molar-refractivity contribution in [2.75, 3.05) is 13.1 Å². The molecule has 120 valence electrons. The third-order valence-corrected chi connectivity index (χ3v) is 5.53. The fourth-order valence-corrected chi connectivity index (χ4v) is 3.73. The van der Waals surface area contributed by atoms with Gasteiger partial charge in [0.05, 0.1) is 5.41 Å². The van der Waals surface area contributed by atoms with Crippen LogP contribution in [-0.4, -0.2) is 35.0 Å². The molecule has 1 N–H and O–H groups in total. The van der Waals surface area contributed by atoms with Crippen LogP contribution in [0.4, 0.5) is 0 Å². The van der Waals surface area contributed by atoms with Gasteiger partial charge >= 0.3 is 5.97 Å². The van der Waals surface area contributed by atoms with Crippen molar-refractivity contribution in [1.82, 2.24) is 4.90 Å². The van der Waals surface area contributed by atoms with Crippen LogP contribution >= 0.6 is 0 Å². The van der Waals surface area contributed by atoms with Crippen molar-refractivity contribution < 1.29 is 14.7 Å². The SMILES string of the molecule is CC(C)(C(=O)O)C1CCCN(C(=O)CC2CCCCC2)C1. The first kappa shape index (κ1) is 16.3. The number of rotatable bonds is 4. The van der Waals surface area contributed by atoms with Crippen LogP contribution in [0.1, 0.15) is 65.2 Å². The van der Waals surface area contributed by atoms with Gasteiger partial charge in [-0.05, 0) is 51.4 Å². The van der Waals surface area contributed by atoms with Crippen molar-refractivity contribution in [1.29, 1.82) is 0 Å². The van der Waals surface area contributed by atoms with Gasteiger partial charge < -0.3 is 10.0 Å². The molecule has 2 fully saturated rings. The van der Waals surface area contributed by atoms with Crippen LogP contribution in [0.15, 0.2) is 0 Å². The average molecular weight is 295 g/mol. The van der Waals surface area contributed by atoms with Crippen molar-refractivity contribution in [2.45, 2.75) is 65.2 Å². The summed E-state index contributed by atoms with van der Waals surface area (Å²) in [6.07, 6.45) is 8.69. The second kappa shape index (κ2) is 6.80. The number of nitrogens with zero attached hydrogens (tertiary/aromatic N) is 1. The third-order valence-electron chi connectivity index (χ3n) is 5.53. The van der Waals surface area contributed by atoms with Gasteiger partial charge in [-0.1, -0.05) is 19.3 Å². The zero-order valence-electron chi connectivity index (χ0n) is 13.4. The van der Waals surface area contributed by atoms with E-state index in [4.69, 9.17) is 0 Å². The molecule has 1 aliphatic carbocycles. The van der Waals surface area contributed by atoms with E-state index in [0.717, 1.165) is 19.4 Å². The molecule has 0 spiro atoms. The largest absolute Gasteiger partial charge is 0.481 e. The van der Waals surface area contributed by atoms with E-state index in [1.807, 2.05) is 4.90 Å². The molecule has 1 amide bonds. The Morgan fingerprint density at radius 3 is 2.38 bits per heavy atom. The van der Waals surface area contributed by atoms with Gasteiger partial charge in [-0.3, -0.25) is 9.59 Å². The molecule has 1 unspecified atom stereocenters. The number of carbonyl (C=O) groups excluding carboxylic acids is 1. The van der Waals surface area contributed by atoms with E-state index in [2.05, 4.69) is 0 Å². The van der Waals surface area contributed by atoms with E-state index in [0.29, 0.717) is 18.9 Å². The van der Waals surface area contributed by atoms with Gasteiger partial charge in [0.15, 0.2) is 0 Å². The number of carboxylic acids is 1. The molecule has 0 aromatic rings. The standard InChI is InChI=1S/C17H29NO3/c1-17(2,16(20)21)14-9-6-10-18(12-14)15(19)11-13-7-4-3-5-8-13/h13-14H,3-12H2,1-2H3,(H,20,21). The molecule has 4 heteroatoms. The number of piperidine rings is 1. The lowest BCUT2D eigenvalue weighted by Gasteiger charge is -2.39. The topological polar surface area (TPSA) is 57.6 Å². The molecular formula is C17H29NO3. The summed E-state index contributed by atoms with van der Waals surface area (Å²) in [5, 5.41) is 9.38. The molecule has 0 aromatic carbocycles. The van der Waals surface area contributed by atoms with Crippen LogP contribution in [0.3, 0.4) is 0 Å². The summed E-state index contributed by atoms with van der Waals surface area (Å²) in [6.45, 7) is 4.99. The number of aliphatic carboxylic acids is 1. The minimum absolute atomic E-state index is 0.0686. The molecular weight excluding hydrogens is 266 g/mol. The van der Waals surface area contributed by atoms with Crippen molar-refractivity contribution in [2.24, 2.45) is 17.3 Å². The molecule has 1 saturated heterocycles. The van der Waals surface area contributed by atoms with Gasteiger partial charge in [0, 0.05) is 19.5 Å². The lowest BCUT2D eigenvalue weighted by Crippen LogP contribution is -2.47. The van der Waals surface area contributed by atoms with E-state index in [-0.39, 0.29) is 11.8 Å². The highest BCUT2D eigenvalue weighted by molar-refractivity contribution is 5.77. The van der Waals surface area contributed by atoms with Crippen LogP contribution in [0.5, 0.6) is 0 Å².